The molecule has 3 nitrogen and oxygen atoms in total. The Hall–Kier alpha value is -1.86. The van der Waals surface area contributed by atoms with Gasteiger partial charge in [-0.2, -0.15) is 13.2 Å². The summed E-state index contributed by atoms with van der Waals surface area (Å²) in [5, 5.41) is 0. The van der Waals surface area contributed by atoms with E-state index < -0.39 is 23.4 Å². The van der Waals surface area contributed by atoms with Crippen molar-refractivity contribution in [1.82, 2.24) is 0 Å². The van der Waals surface area contributed by atoms with E-state index in [9.17, 15) is 21.9 Å². The predicted molar refractivity (Wildman–Crippen MR) is 87.5 cm³/mol. The fourth-order valence-corrected chi connectivity index (χ4v) is 3.53. The van der Waals surface area contributed by atoms with Gasteiger partial charge in [0.15, 0.2) is 0 Å². The van der Waals surface area contributed by atoms with Crippen LogP contribution >= 0.6 is 0 Å². The zero-order chi connectivity index (χ0) is 18.1. The van der Waals surface area contributed by atoms with E-state index in [2.05, 4.69) is 4.72 Å². The van der Waals surface area contributed by atoms with Gasteiger partial charge in [-0.15, -0.1) is 0 Å². The van der Waals surface area contributed by atoms with Gasteiger partial charge in [-0.1, -0.05) is 36.4 Å². The number of halogens is 3. The summed E-state index contributed by atoms with van der Waals surface area (Å²) >= 11 is -2.61. The van der Waals surface area contributed by atoms with Gasteiger partial charge in [0.25, 0.3) is 0 Å². The molecule has 130 valence electrons. The zero-order valence-electron chi connectivity index (χ0n) is 13.4. The van der Waals surface area contributed by atoms with Crippen molar-refractivity contribution in [2.45, 2.75) is 32.9 Å². The number of hydrogen-bond donors (Lipinski definition) is 1. The maximum atomic E-state index is 13.8. The van der Waals surface area contributed by atoms with Crippen molar-refractivity contribution in [2.75, 3.05) is 4.72 Å². The van der Waals surface area contributed by atoms with Gasteiger partial charge in [-0.3, -0.25) is 4.21 Å². The van der Waals surface area contributed by atoms with Gasteiger partial charge in [-0.05, 0) is 48.6 Å². The number of anilines is 1. The maximum absolute atomic E-state index is 13.8. The third-order valence-corrected chi connectivity index (χ3v) is 4.34. The van der Waals surface area contributed by atoms with Crippen molar-refractivity contribution < 1.29 is 21.9 Å². The van der Waals surface area contributed by atoms with Crippen LogP contribution in [0.15, 0.2) is 36.4 Å². The molecule has 0 fully saturated rings. The summed E-state index contributed by atoms with van der Waals surface area (Å²) in [7, 11) is 0. The van der Waals surface area contributed by atoms with Crippen molar-refractivity contribution in [1.29, 1.82) is 0 Å². The first-order valence-corrected chi connectivity index (χ1v) is 8.28. The van der Waals surface area contributed by atoms with E-state index >= 15 is 0 Å². The second-order valence-corrected chi connectivity index (χ2v) is 6.32. The predicted octanol–water partition coefficient (Wildman–Crippen LogP) is 4.51. The first-order chi connectivity index (χ1) is 11.1. The second kappa shape index (κ2) is 6.94. The molecular weight excluding hydrogens is 339 g/mol. The van der Waals surface area contributed by atoms with Crippen LogP contribution in [0.2, 0.25) is 0 Å². The van der Waals surface area contributed by atoms with Crippen LogP contribution in [0.4, 0.5) is 18.9 Å². The van der Waals surface area contributed by atoms with Crippen LogP contribution in [0.3, 0.4) is 0 Å². The van der Waals surface area contributed by atoms with Crippen LogP contribution in [0, 0.1) is 20.8 Å². The highest BCUT2D eigenvalue weighted by Gasteiger charge is 2.43. The average Bonchev–Trinajstić information content (AvgIpc) is 2.47. The van der Waals surface area contributed by atoms with Crippen LogP contribution in [0.5, 0.6) is 0 Å². The number of alkyl halides is 3. The Bertz CT molecular complexity index is 761. The first kappa shape index (κ1) is 18.5. The largest absolute Gasteiger partial charge is 0.755 e. The summed E-state index contributed by atoms with van der Waals surface area (Å²) in [5.41, 5.74) is 1.71. The molecule has 7 heteroatoms. The number of nitrogens with one attached hydrogen (secondary N) is 1. The van der Waals surface area contributed by atoms with E-state index in [0.717, 1.165) is 0 Å². The summed E-state index contributed by atoms with van der Waals surface area (Å²) in [6, 6.07) is 9.18. The Kier molecular flexibility index (Phi) is 5.35. The molecule has 2 aromatic carbocycles. The molecule has 0 radical (unpaired) electrons. The first-order valence-electron chi connectivity index (χ1n) is 7.21. The lowest BCUT2D eigenvalue weighted by molar-refractivity contribution is -0.141. The SMILES string of the molecule is Cc1cc(C)c(C(c2ccccc2)C(F)(F)F)c(C)c1NS(=O)[O-]. The molecule has 0 saturated heterocycles. The van der Waals surface area contributed by atoms with E-state index in [-0.39, 0.29) is 22.4 Å². The van der Waals surface area contributed by atoms with Crippen LogP contribution < -0.4 is 4.72 Å². The lowest BCUT2D eigenvalue weighted by atomic mass is 9.83. The van der Waals surface area contributed by atoms with Gasteiger partial charge >= 0.3 is 6.18 Å². The molecule has 0 amide bonds. The molecule has 0 saturated carbocycles. The minimum absolute atomic E-state index is 0.0762. The summed E-state index contributed by atoms with van der Waals surface area (Å²) in [6.07, 6.45) is -4.50. The van der Waals surface area contributed by atoms with Crippen molar-refractivity contribution in [3.05, 3.63) is 64.2 Å². The van der Waals surface area contributed by atoms with E-state index in [4.69, 9.17) is 0 Å². The zero-order valence-corrected chi connectivity index (χ0v) is 14.2. The van der Waals surface area contributed by atoms with Gasteiger partial charge in [0.05, 0.1) is 5.69 Å². The van der Waals surface area contributed by atoms with E-state index in [1.54, 1.807) is 38.1 Å². The van der Waals surface area contributed by atoms with Crippen LogP contribution in [-0.2, 0) is 11.3 Å². The lowest BCUT2D eigenvalue weighted by Gasteiger charge is -2.27. The Labute approximate surface area is 141 Å². The van der Waals surface area contributed by atoms with Crippen LogP contribution in [0.25, 0.3) is 0 Å². The van der Waals surface area contributed by atoms with Gasteiger partial charge in [0.1, 0.15) is 5.92 Å². The molecule has 0 aliphatic carbocycles. The molecule has 2 atom stereocenters. The Balaban J connectivity index is 2.73. The van der Waals surface area contributed by atoms with Crippen molar-refractivity contribution >= 4 is 17.0 Å². The van der Waals surface area contributed by atoms with E-state index in [0.29, 0.717) is 11.1 Å². The summed E-state index contributed by atoms with van der Waals surface area (Å²) in [4.78, 5) is 0. The summed E-state index contributed by atoms with van der Waals surface area (Å²) < 4.78 is 65.6. The van der Waals surface area contributed by atoms with Crippen molar-refractivity contribution in [3.8, 4) is 0 Å². The Morgan fingerprint density at radius 2 is 1.67 bits per heavy atom. The third-order valence-electron chi connectivity index (χ3n) is 3.97. The Morgan fingerprint density at radius 1 is 1.08 bits per heavy atom. The normalized spacial score (nSPS) is 14.3. The van der Waals surface area contributed by atoms with Crippen molar-refractivity contribution in [2.24, 2.45) is 0 Å². The molecule has 2 unspecified atom stereocenters. The van der Waals surface area contributed by atoms with Crippen molar-refractivity contribution in [3.63, 3.8) is 0 Å². The number of rotatable bonds is 4. The monoisotopic (exact) mass is 356 g/mol. The number of hydrogen-bond acceptors (Lipinski definition) is 2. The van der Waals surface area contributed by atoms with E-state index in [1.807, 2.05) is 0 Å². The quantitative estimate of drug-likeness (QED) is 0.820. The highest BCUT2D eigenvalue weighted by atomic mass is 32.2. The maximum Gasteiger partial charge on any atom is 0.399 e. The standard InChI is InChI=1S/C17H18F3NO2S/c1-10-9-11(2)16(21-24(22)23)12(3)14(10)15(17(18,19)20)13-7-5-4-6-8-13/h4-9,15,21H,1-3H3,(H,22,23)/p-1. The molecule has 1 N–H and O–H groups in total. The highest BCUT2D eigenvalue weighted by molar-refractivity contribution is 7.80. The molecule has 24 heavy (non-hydrogen) atoms. The lowest BCUT2D eigenvalue weighted by Crippen LogP contribution is -2.24. The number of aryl methyl sites for hydroxylation is 2. The molecule has 2 rings (SSSR count). The molecule has 0 aliphatic rings. The van der Waals surface area contributed by atoms with Gasteiger partial charge in [0, 0.05) is 11.3 Å². The topological polar surface area (TPSA) is 52.2 Å². The summed E-state index contributed by atoms with van der Waals surface area (Å²) in [6.45, 7) is 4.77. The van der Waals surface area contributed by atoms with E-state index in [1.165, 1.54) is 19.1 Å². The van der Waals surface area contributed by atoms with Gasteiger partial charge < -0.3 is 9.27 Å². The molecule has 0 bridgehead atoms. The van der Waals surface area contributed by atoms with Gasteiger partial charge in [0.2, 0.25) is 0 Å². The fourth-order valence-electron chi connectivity index (χ4n) is 3.05. The minimum atomic E-state index is -4.50. The highest BCUT2D eigenvalue weighted by Crippen LogP contribution is 2.44. The third kappa shape index (κ3) is 3.79. The van der Waals surface area contributed by atoms with Gasteiger partial charge in [-0.25, -0.2) is 0 Å². The molecule has 0 spiro atoms. The molecule has 0 heterocycles. The number of benzene rings is 2. The smallest absolute Gasteiger partial charge is 0.399 e. The van der Waals surface area contributed by atoms with Crippen LogP contribution in [0.1, 0.15) is 33.7 Å². The fraction of sp³-hybridized carbons (Fsp3) is 0.294. The Morgan fingerprint density at radius 3 is 2.17 bits per heavy atom. The molecular formula is C17H17F3NO2S-. The average molecular weight is 356 g/mol. The second-order valence-electron chi connectivity index (χ2n) is 5.65. The molecule has 2 aromatic rings. The minimum Gasteiger partial charge on any atom is -0.755 e. The molecule has 0 aromatic heterocycles. The van der Waals surface area contributed by atoms with Crippen LogP contribution in [-0.4, -0.2) is 14.9 Å². The summed E-state index contributed by atoms with van der Waals surface area (Å²) in [5.74, 6) is -1.82. The molecule has 0 aliphatic heterocycles.